The van der Waals surface area contributed by atoms with Gasteiger partial charge in [0.25, 0.3) is 0 Å². The number of carbonyl (C=O) groups excluding carboxylic acids is 2. The standard InChI is InChI=1S/C38H41F2N7O5/c1-44(2)14-6-9-30(48)20-25-7-5-8-26(19-25)23-47-36-27(24-46(38(47)49)35-33(39)31(50-3)21-32(51-4)34(35)40)22-41-37(43-36)42-28-10-12-29(13-11-28)45-15-17-52-18-16-45/h5-13,19,21-22H,14-18,20,23-24H2,1-4H3,(H,41,42,43)/b9-6+. The number of nitrogens with zero attached hydrogens (tertiary/aromatic N) is 6. The topological polar surface area (TPSA) is 113 Å². The lowest BCUT2D eigenvalue weighted by molar-refractivity contribution is -0.114. The maximum atomic E-state index is 15.8. The monoisotopic (exact) mass is 713 g/mol. The highest BCUT2D eigenvalue weighted by Gasteiger charge is 2.38. The van der Waals surface area contributed by atoms with Gasteiger partial charge in [-0.15, -0.1) is 0 Å². The minimum Gasteiger partial charge on any atom is -0.493 e. The highest BCUT2D eigenvalue weighted by atomic mass is 19.1. The predicted molar refractivity (Wildman–Crippen MR) is 195 cm³/mol. The van der Waals surface area contributed by atoms with Crippen molar-refractivity contribution in [1.82, 2.24) is 14.9 Å². The Morgan fingerprint density at radius 2 is 1.69 bits per heavy atom. The molecule has 0 radical (unpaired) electrons. The van der Waals surface area contributed by atoms with Crippen molar-refractivity contribution in [1.29, 1.82) is 0 Å². The van der Waals surface area contributed by atoms with Gasteiger partial charge in [0.05, 0.1) is 40.5 Å². The number of carbonyl (C=O) groups is 2. The lowest BCUT2D eigenvalue weighted by Crippen LogP contribution is -2.48. The second-order valence-electron chi connectivity index (χ2n) is 12.7. The minimum absolute atomic E-state index is 0.0180. The first-order chi connectivity index (χ1) is 25.1. The van der Waals surface area contributed by atoms with Gasteiger partial charge in [0.1, 0.15) is 11.5 Å². The SMILES string of the molecule is COc1cc(OC)c(F)c(N2Cc3cnc(Nc4ccc(N5CCOCC5)cc4)nc3N(Cc3cccc(CC(=O)/C=C/CN(C)C)c3)C2=O)c1F. The molecule has 52 heavy (non-hydrogen) atoms. The molecule has 0 aliphatic carbocycles. The van der Waals surface area contributed by atoms with Crippen LogP contribution in [-0.2, 0) is 29.0 Å². The molecular weight excluding hydrogens is 672 g/mol. The first kappa shape index (κ1) is 36.2. The zero-order valence-electron chi connectivity index (χ0n) is 29.6. The Balaban J connectivity index is 1.33. The van der Waals surface area contributed by atoms with Crippen LogP contribution >= 0.6 is 0 Å². The number of halogens is 2. The van der Waals surface area contributed by atoms with Crippen molar-refractivity contribution in [2.24, 2.45) is 0 Å². The molecule has 3 heterocycles. The van der Waals surface area contributed by atoms with Crippen LogP contribution in [0.25, 0.3) is 0 Å². The number of fused-ring (bicyclic) bond motifs is 1. The van der Waals surface area contributed by atoms with Crippen LogP contribution in [0.4, 0.5) is 42.4 Å². The molecule has 1 N–H and O–H groups in total. The number of rotatable bonds is 13. The third-order valence-corrected chi connectivity index (χ3v) is 8.69. The summed E-state index contributed by atoms with van der Waals surface area (Å²) in [6.45, 7) is 3.37. The molecule has 0 spiro atoms. The van der Waals surface area contributed by atoms with Gasteiger partial charge in [0.15, 0.2) is 28.9 Å². The molecule has 1 aromatic heterocycles. The van der Waals surface area contributed by atoms with Crippen LogP contribution in [0, 0.1) is 11.6 Å². The summed E-state index contributed by atoms with van der Waals surface area (Å²) in [5.41, 5.74) is 3.06. The molecule has 0 saturated carbocycles. The van der Waals surface area contributed by atoms with E-state index in [-0.39, 0.29) is 48.6 Å². The lowest BCUT2D eigenvalue weighted by Gasteiger charge is -2.36. The van der Waals surface area contributed by atoms with E-state index in [9.17, 15) is 9.59 Å². The Morgan fingerprint density at radius 3 is 2.37 bits per heavy atom. The highest BCUT2D eigenvalue weighted by Crippen LogP contribution is 2.41. The van der Waals surface area contributed by atoms with Crippen molar-refractivity contribution in [3.05, 3.63) is 101 Å². The lowest BCUT2D eigenvalue weighted by atomic mass is 10.0. The number of nitrogens with one attached hydrogen (secondary N) is 1. The number of hydrogen-bond acceptors (Lipinski definition) is 10. The molecule has 2 amide bonds. The van der Waals surface area contributed by atoms with Gasteiger partial charge >= 0.3 is 6.03 Å². The summed E-state index contributed by atoms with van der Waals surface area (Å²) in [6.07, 6.45) is 5.05. The third kappa shape index (κ3) is 8.13. The summed E-state index contributed by atoms with van der Waals surface area (Å²) in [5.74, 6) is -2.25. The summed E-state index contributed by atoms with van der Waals surface area (Å²) in [5, 5.41) is 3.21. The van der Waals surface area contributed by atoms with Crippen LogP contribution < -0.4 is 29.5 Å². The van der Waals surface area contributed by atoms with E-state index in [0.717, 1.165) is 41.0 Å². The molecule has 0 unspecified atom stereocenters. The minimum atomic E-state index is -1.06. The van der Waals surface area contributed by atoms with E-state index < -0.39 is 23.4 Å². The molecule has 2 aliphatic rings. The molecule has 14 heteroatoms. The average molecular weight is 714 g/mol. The normalized spacial score (nSPS) is 14.6. The molecular formula is C38H41F2N7O5. The van der Waals surface area contributed by atoms with Gasteiger partial charge in [-0.05, 0) is 55.6 Å². The van der Waals surface area contributed by atoms with Crippen LogP contribution in [0.5, 0.6) is 11.5 Å². The summed E-state index contributed by atoms with van der Waals surface area (Å²) < 4.78 is 47.3. The fourth-order valence-corrected chi connectivity index (χ4v) is 6.09. The molecule has 1 saturated heterocycles. The number of allylic oxidation sites excluding steroid dienone is 1. The summed E-state index contributed by atoms with van der Waals surface area (Å²) >= 11 is 0. The number of urea groups is 1. The highest BCUT2D eigenvalue weighted by molar-refractivity contribution is 6.06. The number of methoxy groups -OCH3 is 2. The molecule has 0 atom stereocenters. The quantitative estimate of drug-likeness (QED) is 0.173. The van der Waals surface area contributed by atoms with Crippen molar-refractivity contribution in [3.8, 4) is 11.5 Å². The van der Waals surface area contributed by atoms with Gasteiger partial charge in [0, 0.05) is 55.3 Å². The molecule has 6 rings (SSSR count). The van der Waals surface area contributed by atoms with Gasteiger partial charge in [-0.1, -0.05) is 30.3 Å². The molecule has 0 bridgehead atoms. The maximum Gasteiger partial charge on any atom is 0.330 e. The van der Waals surface area contributed by atoms with Gasteiger partial charge in [-0.2, -0.15) is 4.98 Å². The fourth-order valence-electron chi connectivity index (χ4n) is 6.09. The van der Waals surface area contributed by atoms with Crippen molar-refractivity contribution >= 4 is 40.6 Å². The second-order valence-corrected chi connectivity index (χ2v) is 12.7. The first-order valence-corrected chi connectivity index (χ1v) is 16.8. The number of benzene rings is 3. The summed E-state index contributed by atoms with van der Waals surface area (Å²) in [4.78, 5) is 42.8. The van der Waals surface area contributed by atoms with E-state index in [2.05, 4.69) is 15.2 Å². The van der Waals surface area contributed by atoms with Crippen LogP contribution in [0.3, 0.4) is 0 Å². The molecule has 12 nitrogen and oxygen atoms in total. The maximum absolute atomic E-state index is 15.8. The number of aromatic nitrogens is 2. The van der Waals surface area contributed by atoms with Gasteiger partial charge in [-0.3, -0.25) is 14.6 Å². The van der Waals surface area contributed by atoms with E-state index >= 15 is 8.78 Å². The summed E-state index contributed by atoms with van der Waals surface area (Å²) in [6, 6.07) is 15.5. The van der Waals surface area contributed by atoms with E-state index in [4.69, 9.17) is 19.2 Å². The third-order valence-electron chi connectivity index (χ3n) is 8.69. The summed E-state index contributed by atoms with van der Waals surface area (Å²) in [7, 11) is 6.32. The van der Waals surface area contributed by atoms with Crippen molar-refractivity contribution in [3.63, 3.8) is 0 Å². The van der Waals surface area contributed by atoms with Gasteiger partial charge < -0.3 is 29.3 Å². The fraction of sp³-hybridized carbons (Fsp3) is 0.316. The number of likely N-dealkylation sites (N-methyl/N-ethyl adjacent to an activating group) is 1. The number of hydrogen-bond donors (Lipinski definition) is 1. The molecule has 272 valence electrons. The Morgan fingerprint density at radius 1 is 1.00 bits per heavy atom. The Bertz CT molecular complexity index is 1920. The number of morpholine rings is 1. The number of ketones is 1. The predicted octanol–water partition coefficient (Wildman–Crippen LogP) is 5.73. The van der Waals surface area contributed by atoms with Crippen molar-refractivity contribution < 1.29 is 32.6 Å². The van der Waals surface area contributed by atoms with E-state index in [1.54, 1.807) is 18.2 Å². The van der Waals surface area contributed by atoms with Crippen LogP contribution in [0.15, 0.2) is 72.9 Å². The largest absolute Gasteiger partial charge is 0.493 e. The van der Waals surface area contributed by atoms with E-state index in [1.807, 2.05) is 61.5 Å². The zero-order valence-corrected chi connectivity index (χ0v) is 29.6. The van der Waals surface area contributed by atoms with Crippen LogP contribution in [-0.4, -0.2) is 87.8 Å². The number of anilines is 5. The number of amides is 2. The van der Waals surface area contributed by atoms with Crippen molar-refractivity contribution in [2.75, 3.05) is 81.2 Å². The van der Waals surface area contributed by atoms with E-state index in [1.165, 1.54) is 25.3 Å². The Labute approximate surface area is 301 Å². The van der Waals surface area contributed by atoms with Crippen molar-refractivity contribution in [2.45, 2.75) is 19.5 Å². The number of ether oxygens (including phenoxy) is 3. The second kappa shape index (κ2) is 16.2. The van der Waals surface area contributed by atoms with E-state index in [0.29, 0.717) is 30.9 Å². The molecule has 4 aromatic rings. The Kier molecular flexibility index (Phi) is 11.3. The molecule has 2 aliphatic heterocycles. The zero-order chi connectivity index (χ0) is 36.8. The van der Waals surface area contributed by atoms with Crippen LogP contribution in [0.1, 0.15) is 16.7 Å². The van der Waals surface area contributed by atoms with Crippen LogP contribution in [0.2, 0.25) is 0 Å². The smallest absolute Gasteiger partial charge is 0.330 e. The van der Waals surface area contributed by atoms with Gasteiger partial charge in [0.2, 0.25) is 5.95 Å². The molecule has 1 fully saturated rings. The molecule has 3 aromatic carbocycles. The van der Waals surface area contributed by atoms with Gasteiger partial charge in [-0.25, -0.2) is 18.6 Å². The Hall–Kier alpha value is -5.60. The average Bonchev–Trinajstić information content (AvgIpc) is 3.14. The first-order valence-electron chi connectivity index (χ1n) is 16.8.